The van der Waals surface area contributed by atoms with Gasteiger partial charge in [0.1, 0.15) is 5.82 Å². The van der Waals surface area contributed by atoms with Crippen LogP contribution in [0, 0.1) is 19.7 Å². The second kappa shape index (κ2) is 5.30. The molecule has 4 nitrogen and oxygen atoms in total. The summed E-state index contributed by atoms with van der Waals surface area (Å²) in [7, 11) is 0. The number of nitrogens with one attached hydrogen (secondary N) is 1. The number of hydrogen-bond acceptors (Lipinski definition) is 2. The number of hydrogen-bond donors (Lipinski definition) is 1. The number of aryl methyl sites for hydroxylation is 2. The van der Waals surface area contributed by atoms with E-state index in [1.54, 1.807) is 17.0 Å². The number of carbonyl (C=O) groups excluding carboxylic acids is 1. The number of aromatic nitrogens is 2. The Hall–Kier alpha value is -2.95. The summed E-state index contributed by atoms with van der Waals surface area (Å²) in [4.78, 5) is 14.6. The standard InChI is InChI=1S/C19H16FN3O/c1-11-3-9-15(10-4-11)23-18(13-5-7-14(20)8-6-13)16-12(2)21-22-17(16)19(23)24/h3-10,18H,1-2H3,(H,21,22)/t18-/m1/s1. The average molecular weight is 321 g/mol. The Morgan fingerprint density at radius 1 is 1.04 bits per heavy atom. The predicted octanol–water partition coefficient (Wildman–Crippen LogP) is 3.92. The molecule has 0 radical (unpaired) electrons. The number of nitrogens with zero attached hydrogens (tertiary/aromatic N) is 2. The summed E-state index contributed by atoms with van der Waals surface area (Å²) >= 11 is 0. The quantitative estimate of drug-likeness (QED) is 0.778. The molecule has 3 aromatic rings. The van der Waals surface area contributed by atoms with Crippen LogP contribution < -0.4 is 4.90 Å². The molecule has 1 aromatic heterocycles. The number of halogens is 1. The molecule has 1 N–H and O–H groups in total. The third kappa shape index (κ3) is 2.12. The van der Waals surface area contributed by atoms with Gasteiger partial charge in [-0.3, -0.25) is 14.8 Å². The first-order valence-corrected chi connectivity index (χ1v) is 7.77. The van der Waals surface area contributed by atoms with Crippen molar-refractivity contribution in [2.75, 3.05) is 4.90 Å². The van der Waals surface area contributed by atoms with E-state index in [2.05, 4.69) is 10.2 Å². The molecule has 5 heteroatoms. The normalized spacial score (nSPS) is 16.5. The Labute approximate surface area is 138 Å². The number of benzene rings is 2. The Balaban J connectivity index is 1.89. The van der Waals surface area contributed by atoms with Gasteiger partial charge in [-0.1, -0.05) is 29.8 Å². The van der Waals surface area contributed by atoms with Crippen molar-refractivity contribution in [3.8, 4) is 0 Å². The highest BCUT2D eigenvalue weighted by molar-refractivity contribution is 6.10. The largest absolute Gasteiger partial charge is 0.295 e. The maximum absolute atomic E-state index is 13.3. The lowest BCUT2D eigenvalue weighted by Crippen LogP contribution is -2.29. The second-order valence-corrected chi connectivity index (χ2v) is 6.08. The molecule has 0 bridgehead atoms. The van der Waals surface area contributed by atoms with Crippen LogP contribution in [0.4, 0.5) is 10.1 Å². The van der Waals surface area contributed by atoms with E-state index in [0.717, 1.165) is 28.1 Å². The Bertz CT molecular complexity index is 913. The summed E-state index contributed by atoms with van der Waals surface area (Å²) in [6, 6.07) is 13.8. The first kappa shape index (κ1) is 14.6. The number of aromatic amines is 1. The molecule has 4 rings (SSSR count). The topological polar surface area (TPSA) is 49.0 Å². The fourth-order valence-electron chi connectivity index (χ4n) is 3.23. The fraction of sp³-hybridized carbons (Fsp3) is 0.158. The summed E-state index contributed by atoms with van der Waals surface area (Å²) < 4.78 is 13.3. The zero-order valence-electron chi connectivity index (χ0n) is 13.4. The number of fused-ring (bicyclic) bond motifs is 1. The molecule has 120 valence electrons. The molecule has 1 atom stereocenters. The van der Waals surface area contributed by atoms with Crippen LogP contribution in [0.2, 0.25) is 0 Å². The zero-order valence-corrected chi connectivity index (χ0v) is 13.4. The maximum Gasteiger partial charge on any atom is 0.279 e. The number of carbonyl (C=O) groups is 1. The first-order chi connectivity index (χ1) is 11.6. The molecular formula is C19H16FN3O. The van der Waals surface area contributed by atoms with Gasteiger partial charge < -0.3 is 0 Å². The summed E-state index contributed by atoms with van der Waals surface area (Å²) in [5.41, 5.74) is 4.92. The number of H-pyrrole nitrogens is 1. The molecular weight excluding hydrogens is 305 g/mol. The Morgan fingerprint density at radius 2 is 1.71 bits per heavy atom. The van der Waals surface area contributed by atoms with Gasteiger partial charge in [0.2, 0.25) is 0 Å². The van der Waals surface area contributed by atoms with Crippen molar-refractivity contribution in [1.29, 1.82) is 0 Å². The van der Waals surface area contributed by atoms with Crippen LogP contribution in [0.15, 0.2) is 48.5 Å². The minimum atomic E-state index is -0.311. The third-order valence-corrected chi connectivity index (χ3v) is 4.45. The summed E-state index contributed by atoms with van der Waals surface area (Å²) in [5.74, 6) is -0.443. The Morgan fingerprint density at radius 3 is 2.38 bits per heavy atom. The molecule has 0 fully saturated rings. The average Bonchev–Trinajstić information content (AvgIpc) is 3.09. The van der Waals surface area contributed by atoms with Gasteiger partial charge in [-0.15, -0.1) is 0 Å². The van der Waals surface area contributed by atoms with Crippen LogP contribution in [0.1, 0.15) is 38.9 Å². The van der Waals surface area contributed by atoms with E-state index >= 15 is 0 Å². The molecule has 1 aliphatic heterocycles. The zero-order chi connectivity index (χ0) is 16.8. The predicted molar refractivity (Wildman–Crippen MR) is 89.6 cm³/mol. The molecule has 2 heterocycles. The summed E-state index contributed by atoms with van der Waals surface area (Å²) in [6.07, 6.45) is 0. The molecule has 0 spiro atoms. The van der Waals surface area contributed by atoms with E-state index in [1.807, 2.05) is 38.1 Å². The fourth-order valence-corrected chi connectivity index (χ4v) is 3.23. The summed E-state index contributed by atoms with van der Waals surface area (Å²) in [6.45, 7) is 3.90. The van der Waals surface area contributed by atoms with Crippen LogP contribution in [-0.4, -0.2) is 16.1 Å². The van der Waals surface area contributed by atoms with Gasteiger partial charge in [-0.2, -0.15) is 5.10 Å². The minimum Gasteiger partial charge on any atom is -0.295 e. The molecule has 0 unspecified atom stereocenters. The smallest absolute Gasteiger partial charge is 0.279 e. The third-order valence-electron chi connectivity index (χ3n) is 4.45. The molecule has 0 aliphatic carbocycles. The van der Waals surface area contributed by atoms with E-state index in [9.17, 15) is 9.18 Å². The lowest BCUT2D eigenvalue weighted by atomic mass is 9.99. The van der Waals surface area contributed by atoms with Crippen molar-refractivity contribution in [3.05, 3.63) is 82.4 Å². The van der Waals surface area contributed by atoms with Crippen LogP contribution in [0.25, 0.3) is 0 Å². The van der Waals surface area contributed by atoms with Crippen molar-refractivity contribution < 1.29 is 9.18 Å². The van der Waals surface area contributed by atoms with Gasteiger partial charge >= 0.3 is 0 Å². The van der Waals surface area contributed by atoms with Gasteiger partial charge in [-0.05, 0) is 43.7 Å². The lowest BCUT2D eigenvalue weighted by Gasteiger charge is -2.26. The number of anilines is 1. The van der Waals surface area contributed by atoms with E-state index in [1.165, 1.54) is 12.1 Å². The molecule has 0 saturated carbocycles. The molecule has 24 heavy (non-hydrogen) atoms. The van der Waals surface area contributed by atoms with Crippen molar-refractivity contribution in [2.24, 2.45) is 0 Å². The van der Waals surface area contributed by atoms with Gasteiger partial charge in [0.05, 0.1) is 6.04 Å². The SMILES string of the molecule is Cc1ccc(N2C(=O)c3n[nH]c(C)c3[C@H]2c2ccc(F)cc2)cc1. The van der Waals surface area contributed by atoms with Crippen molar-refractivity contribution in [1.82, 2.24) is 10.2 Å². The van der Waals surface area contributed by atoms with Gasteiger partial charge in [-0.25, -0.2) is 4.39 Å². The molecule has 2 aromatic carbocycles. The molecule has 1 aliphatic rings. The van der Waals surface area contributed by atoms with E-state index < -0.39 is 0 Å². The van der Waals surface area contributed by atoms with Crippen LogP contribution in [-0.2, 0) is 0 Å². The first-order valence-electron chi connectivity index (χ1n) is 7.77. The molecule has 0 saturated heterocycles. The Kier molecular flexibility index (Phi) is 3.23. The molecule has 1 amide bonds. The summed E-state index contributed by atoms with van der Waals surface area (Å²) in [5, 5.41) is 7.06. The van der Waals surface area contributed by atoms with E-state index in [4.69, 9.17) is 0 Å². The van der Waals surface area contributed by atoms with Crippen LogP contribution in [0.5, 0.6) is 0 Å². The van der Waals surface area contributed by atoms with Crippen LogP contribution in [0.3, 0.4) is 0 Å². The maximum atomic E-state index is 13.3. The van der Waals surface area contributed by atoms with Crippen LogP contribution >= 0.6 is 0 Å². The van der Waals surface area contributed by atoms with Gasteiger partial charge in [0, 0.05) is 16.9 Å². The van der Waals surface area contributed by atoms with Gasteiger partial charge in [0.25, 0.3) is 5.91 Å². The number of rotatable bonds is 2. The van der Waals surface area contributed by atoms with E-state index in [-0.39, 0.29) is 17.8 Å². The van der Waals surface area contributed by atoms with Crippen molar-refractivity contribution in [2.45, 2.75) is 19.9 Å². The highest BCUT2D eigenvalue weighted by Gasteiger charge is 2.42. The lowest BCUT2D eigenvalue weighted by molar-refractivity contribution is 0.0988. The van der Waals surface area contributed by atoms with Crippen molar-refractivity contribution >= 4 is 11.6 Å². The number of amides is 1. The highest BCUT2D eigenvalue weighted by atomic mass is 19.1. The van der Waals surface area contributed by atoms with E-state index in [0.29, 0.717) is 5.69 Å². The minimum absolute atomic E-state index is 0.146. The monoisotopic (exact) mass is 321 g/mol. The van der Waals surface area contributed by atoms with Crippen molar-refractivity contribution in [3.63, 3.8) is 0 Å². The van der Waals surface area contributed by atoms with Gasteiger partial charge in [0.15, 0.2) is 5.69 Å². The second-order valence-electron chi connectivity index (χ2n) is 6.08. The highest BCUT2D eigenvalue weighted by Crippen LogP contribution is 2.42.